The van der Waals surface area contributed by atoms with Gasteiger partial charge >= 0.3 is 0 Å². The van der Waals surface area contributed by atoms with E-state index in [1.54, 1.807) is 0 Å². The number of likely N-dealkylation sites (tertiary alicyclic amines) is 1. The van der Waals surface area contributed by atoms with Crippen molar-refractivity contribution in [2.75, 3.05) is 19.6 Å². The minimum atomic E-state index is 0. The van der Waals surface area contributed by atoms with E-state index in [0.717, 1.165) is 25.6 Å². The van der Waals surface area contributed by atoms with Crippen LogP contribution in [0.1, 0.15) is 25.5 Å². The van der Waals surface area contributed by atoms with Gasteiger partial charge in [-0.15, -0.1) is 24.0 Å². The third kappa shape index (κ3) is 3.90. The van der Waals surface area contributed by atoms with Crippen molar-refractivity contribution in [2.24, 2.45) is 4.99 Å². The van der Waals surface area contributed by atoms with Crippen LogP contribution in [0, 0.1) is 0 Å². The van der Waals surface area contributed by atoms with Crippen LogP contribution in [0.15, 0.2) is 35.3 Å². The van der Waals surface area contributed by atoms with Crippen molar-refractivity contribution in [3.63, 3.8) is 0 Å². The quantitative estimate of drug-likeness (QED) is 0.473. The van der Waals surface area contributed by atoms with Crippen LogP contribution in [0.5, 0.6) is 0 Å². The summed E-state index contributed by atoms with van der Waals surface area (Å²) in [6.45, 7) is 5.99. The minimum Gasteiger partial charge on any atom is -0.357 e. The maximum absolute atomic E-state index is 4.76. The topological polar surface area (TPSA) is 43.4 Å². The fourth-order valence-electron chi connectivity index (χ4n) is 2.73. The van der Waals surface area contributed by atoms with Crippen LogP contribution in [0.2, 0.25) is 0 Å². The Balaban J connectivity index is 0.00000161. The number of guanidine groups is 1. The van der Waals surface area contributed by atoms with Gasteiger partial charge in [-0.3, -0.25) is 0 Å². The Labute approximate surface area is 143 Å². The van der Waals surface area contributed by atoms with Crippen molar-refractivity contribution in [2.45, 2.75) is 26.3 Å². The van der Waals surface area contributed by atoms with Gasteiger partial charge in [-0.2, -0.15) is 0 Å². The molecule has 0 spiro atoms. The summed E-state index contributed by atoms with van der Waals surface area (Å²) in [5, 5.41) is 4.64. The van der Waals surface area contributed by atoms with E-state index in [9.17, 15) is 0 Å². The molecule has 4 nitrogen and oxygen atoms in total. The number of nitrogens with zero attached hydrogens (tertiary/aromatic N) is 2. The summed E-state index contributed by atoms with van der Waals surface area (Å²) in [4.78, 5) is 10.5. The number of halogens is 1. The first-order chi connectivity index (χ1) is 9.86. The SMILES string of the molecule is CCNC(=NCc1cc2ccccc2[nH]1)N1CCCC1.I. The Morgan fingerprint density at radius 3 is 2.76 bits per heavy atom. The Kier molecular flexibility index (Phi) is 5.90. The summed E-state index contributed by atoms with van der Waals surface area (Å²) < 4.78 is 0. The zero-order valence-electron chi connectivity index (χ0n) is 12.4. The highest BCUT2D eigenvalue weighted by molar-refractivity contribution is 14.0. The van der Waals surface area contributed by atoms with Crippen molar-refractivity contribution in [1.29, 1.82) is 0 Å². The standard InChI is InChI=1S/C16H22N4.HI/c1-2-17-16(20-9-5-6-10-20)18-12-14-11-13-7-3-4-8-15(13)19-14;/h3-4,7-8,11,19H,2,5-6,9-10,12H2,1H3,(H,17,18);1H. The van der Waals surface area contributed by atoms with Crippen molar-refractivity contribution in [1.82, 2.24) is 15.2 Å². The Morgan fingerprint density at radius 1 is 1.29 bits per heavy atom. The predicted molar refractivity (Wildman–Crippen MR) is 99.3 cm³/mol. The number of hydrogen-bond donors (Lipinski definition) is 2. The van der Waals surface area contributed by atoms with Gasteiger partial charge in [0.2, 0.25) is 0 Å². The largest absolute Gasteiger partial charge is 0.357 e. The van der Waals surface area contributed by atoms with E-state index in [0.29, 0.717) is 6.54 Å². The first-order valence-corrected chi connectivity index (χ1v) is 7.46. The van der Waals surface area contributed by atoms with E-state index in [2.05, 4.69) is 52.5 Å². The van der Waals surface area contributed by atoms with E-state index in [1.807, 2.05) is 0 Å². The maximum atomic E-state index is 4.76. The fourth-order valence-corrected chi connectivity index (χ4v) is 2.73. The van der Waals surface area contributed by atoms with Crippen LogP contribution >= 0.6 is 24.0 Å². The Hall–Kier alpha value is -1.24. The first-order valence-electron chi connectivity index (χ1n) is 7.46. The maximum Gasteiger partial charge on any atom is 0.194 e. The molecule has 1 aromatic carbocycles. The molecule has 1 aliphatic heterocycles. The van der Waals surface area contributed by atoms with E-state index < -0.39 is 0 Å². The lowest BCUT2D eigenvalue weighted by Crippen LogP contribution is -2.39. The first kappa shape index (κ1) is 16.1. The van der Waals surface area contributed by atoms with E-state index >= 15 is 0 Å². The van der Waals surface area contributed by atoms with Gasteiger partial charge in [-0.25, -0.2) is 4.99 Å². The molecule has 2 N–H and O–H groups in total. The molecule has 0 unspecified atom stereocenters. The second kappa shape index (κ2) is 7.68. The highest BCUT2D eigenvalue weighted by Gasteiger charge is 2.15. The lowest BCUT2D eigenvalue weighted by molar-refractivity contribution is 0.493. The van der Waals surface area contributed by atoms with Crippen LogP contribution < -0.4 is 5.32 Å². The molecule has 114 valence electrons. The lowest BCUT2D eigenvalue weighted by Gasteiger charge is -2.20. The molecular weight excluding hydrogens is 375 g/mol. The number of nitrogens with one attached hydrogen (secondary N) is 2. The average molecular weight is 398 g/mol. The molecule has 2 heterocycles. The number of rotatable bonds is 3. The van der Waals surface area contributed by atoms with Gasteiger partial charge in [0, 0.05) is 30.8 Å². The number of H-pyrrole nitrogens is 1. The van der Waals surface area contributed by atoms with Gasteiger partial charge in [0.05, 0.1) is 6.54 Å². The number of fused-ring (bicyclic) bond motifs is 1. The van der Waals surface area contributed by atoms with Gasteiger partial charge < -0.3 is 15.2 Å². The molecule has 21 heavy (non-hydrogen) atoms. The molecule has 0 aliphatic carbocycles. The smallest absolute Gasteiger partial charge is 0.194 e. The number of hydrogen-bond acceptors (Lipinski definition) is 1. The number of para-hydroxylation sites is 1. The predicted octanol–water partition coefficient (Wildman–Crippen LogP) is 3.35. The van der Waals surface area contributed by atoms with Crippen molar-refractivity contribution in [3.8, 4) is 0 Å². The highest BCUT2D eigenvalue weighted by Crippen LogP contribution is 2.15. The zero-order chi connectivity index (χ0) is 13.8. The molecule has 1 fully saturated rings. The van der Waals surface area contributed by atoms with E-state index in [1.165, 1.54) is 29.4 Å². The van der Waals surface area contributed by atoms with E-state index in [-0.39, 0.29) is 24.0 Å². The fraction of sp³-hybridized carbons (Fsp3) is 0.438. The molecule has 0 saturated carbocycles. The van der Waals surface area contributed by atoms with Crippen LogP contribution in [0.3, 0.4) is 0 Å². The van der Waals surface area contributed by atoms with Crippen molar-refractivity contribution in [3.05, 3.63) is 36.0 Å². The summed E-state index contributed by atoms with van der Waals surface area (Å²) in [6, 6.07) is 10.5. The van der Waals surface area contributed by atoms with Crippen LogP contribution in [0.4, 0.5) is 0 Å². The molecule has 0 radical (unpaired) electrons. The monoisotopic (exact) mass is 398 g/mol. The number of aromatic nitrogens is 1. The van der Waals surface area contributed by atoms with E-state index in [4.69, 9.17) is 4.99 Å². The minimum absolute atomic E-state index is 0. The van der Waals surface area contributed by atoms with Crippen molar-refractivity contribution >= 4 is 40.8 Å². The number of aliphatic imine (C=N–C) groups is 1. The molecule has 1 saturated heterocycles. The second-order valence-corrected chi connectivity index (χ2v) is 5.25. The van der Waals surface area contributed by atoms with Gasteiger partial charge in [-0.1, -0.05) is 18.2 Å². The lowest BCUT2D eigenvalue weighted by atomic mass is 10.2. The van der Waals surface area contributed by atoms with Gasteiger partial charge in [0.25, 0.3) is 0 Å². The Bertz CT molecular complexity index is 566. The average Bonchev–Trinajstić information content (AvgIpc) is 3.12. The summed E-state index contributed by atoms with van der Waals surface area (Å²) in [7, 11) is 0. The second-order valence-electron chi connectivity index (χ2n) is 5.25. The molecule has 3 rings (SSSR count). The summed E-state index contributed by atoms with van der Waals surface area (Å²) in [5.74, 6) is 1.05. The third-order valence-corrected chi connectivity index (χ3v) is 3.73. The molecule has 0 amide bonds. The number of aromatic amines is 1. The van der Waals surface area contributed by atoms with Crippen LogP contribution in [-0.4, -0.2) is 35.5 Å². The summed E-state index contributed by atoms with van der Waals surface area (Å²) >= 11 is 0. The van der Waals surface area contributed by atoms with Crippen molar-refractivity contribution < 1.29 is 0 Å². The molecule has 1 aromatic heterocycles. The summed E-state index contributed by atoms with van der Waals surface area (Å²) in [5.41, 5.74) is 2.35. The zero-order valence-corrected chi connectivity index (χ0v) is 14.8. The third-order valence-electron chi connectivity index (χ3n) is 3.73. The molecule has 2 aromatic rings. The Morgan fingerprint density at radius 2 is 2.05 bits per heavy atom. The van der Waals surface area contributed by atoms with Gasteiger partial charge in [0.1, 0.15) is 0 Å². The molecule has 0 bridgehead atoms. The summed E-state index contributed by atoms with van der Waals surface area (Å²) in [6.07, 6.45) is 2.55. The van der Waals surface area contributed by atoms with Crippen LogP contribution in [-0.2, 0) is 6.54 Å². The normalized spacial score (nSPS) is 15.3. The number of benzene rings is 1. The molecular formula is C16H23IN4. The molecule has 0 atom stereocenters. The molecule has 5 heteroatoms. The van der Waals surface area contributed by atoms with Gasteiger partial charge in [0.15, 0.2) is 5.96 Å². The van der Waals surface area contributed by atoms with Crippen LogP contribution in [0.25, 0.3) is 10.9 Å². The van der Waals surface area contributed by atoms with Gasteiger partial charge in [-0.05, 0) is 37.3 Å². The highest BCUT2D eigenvalue weighted by atomic mass is 127. The molecule has 1 aliphatic rings.